The number of hydrogen-bond acceptors (Lipinski definition) is 6. The van der Waals surface area contributed by atoms with Crippen molar-refractivity contribution in [1.29, 1.82) is 0 Å². The number of ether oxygens (including phenoxy) is 1. The number of carbonyl (C=O) groups is 1. The first kappa shape index (κ1) is 27.6. The van der Waals surface area contributed by atoms with E-state index in [2.05, 4.69) is 71.8 Å². The Balaban J connectivity index is 1.55. The lowest BCUT2D eigenvalue weighted by atomic mass is 10.1. The third-order valence-electron chi connectivity index (χ3n) is 6.77. The molecule has 1 N–H and O–H groups in total. The van der Waals surface area contributed by atoms with Gasteiger partial charge >= 0.3 is 6.09 Å². The summed E-state index contributed by atoms with van der Waals surface area (Å²) in [7, 11) is -0.214. The zero-order chi connectivity index (χ0) is 27.8. The molecule has 0 fully saturated rings. The number of rotatable bonds is 7. The number of nitrogens with zero attached hydrogens (tertiary/aromatic N) is 5. The molecule has 38 heavy (non-hydrogen) atoms. The highest BCUT2D eigenvalue weighted by atomic mass is 79.9. The number of nitrogens with one attached hydrogen (secondary N) is 1. The Morgan fingerprint density at radius 1 is 1.24 bits per heavy atom. The Kier molecular flexibility index (Phi) is 7.53. The topological polar surface area (TPSA) is 95.6 Å². The molecule has 0 unspecified atom stereocenters. The maximum atomic E-state index is 12.9. The molecule has 0 atom stereocenters. The molecular formula is C27H33BrN6O3Si. The Morgan fingerprint density at radius 2 is 1.97 bits per heavy atom. The molecule has 3 heterocycles. The number of hydrogen-bond donors (Lipinski definition) is 1. The molecule has 9 nitrogen and oxygen atoms in total. The fraction of sp³-hybridized carbons (Fsp3) is 0.333. The summed E-state index contributed by atoms with van der Waals surface area (Å²) in [5, 5.41) is 7.28. The van der Waals surface area contributed by atoms with E-state index in [1.165, 1.54) is 4.52 Å². The van der Waals surface area contributed by atoms with E-state index in [1.54, 1.807) is 12.3 Å². The van der Waals surface area contributed by atoms with Gasteiger partial charge in [-0.05, 0) is 52.6 Å². The van der Waals surface area contributed by atoms with E-state index in [4.69, 9.17) is 14.1 Å². The monoisotopic (exact) mass is 596 g/mol. The highest BCUT2D eigenvalue weighted by Crippen LogP contribution is 2.39. The van der Waals surface area contributed by atoms with Crippen LogP contribution >= 0.6 is 15.9 Å². The molecule has 0 aliphatic heterocycles. The maximum absolute atomic E-state index is 12.9. The minimum atomic E-state index is -2.15. The number of halogens is 1. The van der Waals surface area contributed by atoms with Gasteiger partial charge in [0.2, 0.25) is 5.88 Å². The van der Waals surface area contributed by atoms with Crippen molar-refractivity contribution >= 4 is 41.7 Å². The van der Waals surface area contributed by atoms with E-state index in [-0.39, 0.29) is 17.5 Å². The van der Waals surface area contributed by atoms with Crippen molar-refractivity contribution in [1.82, 2.24) is 29.5 Å². The number of benzene rings is 1. The molecule has 4 rings (SSSR count). The lowest BCUT2D eigenvalue weighted by molar-refractivity contribution is 0.196. The molecule has 0 aliphatic rings. The summed E-state index contributed by atoms with van der Waals surface area (Å²) >= 11 is 3.55. The van der Waals surface area contributed by atoms with Gasteiger partial charge in [-0.2, -0.15) is 9.61 Å². The van der Waals surface area contributed by atoms with Crippen molar-refractivity contribution in [2.75, 3.05) is 0 Å². The average molecular weight is 598 g/mol. The second-order valence-electron chi connectivity index (χ2n) is 10.7. The maximum Gasteiger partial charge on any atom is 0.414 e. The fourth-order valence-corrected chi connectivity index (χ4v) is 4.93. The van der Waals surface area contributed by atoms with Crippen molar-refractivity contribution in [2.24, 2.45) is 7.05 Å². The molecule has 0 bridgehead atoms. The normalized spacial score (nSPS) is 12.0. The second-order valence-corrected chi connectivity index (χ2v) is 16.2. The van der Waals surface area contributed by atoms with Crippen LogP contribution in [0.1, 0.15) is 37.7 Å². The van der Waals surface area contributed by atoms with Crippen LogP contribution in [-0.2, 0) is 18.0 Å². The molecule has 200 valence electrons. The first-order valence-electron chi connectivity index (χ1n) is 12.2. The van der Waals surface area contributed by atoms with Gasteiger partial charge in [0.25, 0.3) is 8.32 Å². The lowest BCUT2D eigenvalue weighted by Gasteiger charge is -2.36. The molecule has 0 radical (unpaired) electrons. The van der Waals surface area contributed by atoms with E-state index in [0.717, 1.165) is 17.0 Å². The molecule has 1 amide bonds. The standard InChI is InChI=1S/C27H33BrN6O3Si/c1-17-23(28)25-31-21(18(2)37-38(7,8)27(3,4)5)15-22(34(25)32-17)36-26(35)30-16-19-10-9-11-20(14-19)24-29-12-13-33(24)6/h9-15H,2,16H2,1,3-8H3,(H,30,35). The van der Waals surface area contributed by atoms with Gasteiger partial charge in [0.05, 0.1) is 10.2 Å². The number of amides is 1. The Bertz CT molecular complexity index is 1520. The number of carbonyl (C=O) groups excluding carboxylic acids is 1. The van der Waals surface area contributed by atoms with Gasteiger partial charge in [-0.25, -0.2) is 14.8 Å². The van der Waals surface area contributed by atoms with Crippen molar-refractivity contribution < 1.29 is 14.0 Å². The van der Waals surface area contributed by atoms with Crippen LogP contribution in [0.25, 0.3) is 22.8 Å². The third kappa shape index (κ3) is 5.68. The van der Waals surface area contributed by atoms with Gasteiger partial charge in [-0.3, -0.25) is 0 Å². The Labute approximate surface area is 232 Å². The largest absolute Gasteiger partial charge is 0.542 e. The van der Waals surface area contributed by atoms with Crippen molar-refractivity contribution in [2.45, 2.75) is 52.4 Å². The van der Waals surface area contributed by atoms with E-state index in [0.29, 0.717) is 27.3 Å². The van der Waals surface area contributed by atoms with Crippen LogP contribution in [0, 0.1) is 6.92 Å². The third-order valence-corrected chi connectivity index (χ3v) is 12.1. The van der Waals surface area contributed by atoms with E-state index in [1.807, 2.05) is 49.0 Å². The summed E-state index contributed by atoms with van der Waals surface area (Å²) < 4.78 is 16.2. The quantitative estimate of drug-likeness (QED) is 0.194. The zero-order valence-electron chi connectivity index (χ0n) is 22.8. The van der Waals surface area contributed by atoms with E-state index < -0.39 is 14.4 Å². The molecule has 1 aromatic carbocycles. The molecule has 0 aliphatic carbocycles. The van der Waals surface area contributed by atoms with Gasteiger partial charge in [-0.1, -0.05) is 45.5 Å². The van der Waals surface area contributed by atoms with Crippen LogP contribution < -0.4 is 10.1 Å². The van der Waals surface area contributed by atoms with Gasteiger partial charge in [0.1, 0.15) is 17.3 Å². The van der Waals surface area contributed by atoms with Crippen LogP contribution in [0.3, 0.4) is 0 Å². The fourth-order valence-electron chi connectivity index (χ4n) is 3.57. The summed E-state index contributed by atoms with van der Waals surface area (Å²) in [6.45, 7) is 17.0. The van der Waals surface area contributed by atoms with Gasteiger partial charge < -0.3 is 19.0 Å². The molecular weight excluding hydrogens is 564 g/mol. The number of fused-ring (bicyclic) bond motifs is 1. The van der Waals surface area contributed by atoms with Crippen molar-refractivity contribution in [3.63, 3.8) is 0 Å². The van der Waals surface area contributed by atoms with Crippen LogP contribution in [0.15, 0.2) is 53.8 Å². The van der Waals surface area contributed by atoms with Crippen molar-refractivity contribution in [3.05, 3.63) is 70.7 Å². The first-order valence-corrected chi connectivity index (χ1v) is 15.9. The molecule has 0 spiro atoms. The Morgan fingerprint density at radius 3 is 2.63 bits per heavy atom. The van der Waals surface area contributed by atoms with Gasteiger partial charge in [0.15, 0.2) is 5.65 Å². The summed E-state index contributed by atoms with van der Waals surface area (Å²) in [4.78, 5) is 21.9. The molecule has 0 saturated heterocycles. The summed E-state index contributed by atoms with van der Waals surface area (Å²) in [6, 6.07) is 9.47. The lowest BCUT2D eigenvalue weighted by Crippen LogP contribution is -2.40. The SMILES string of the molecule is C=C(O[Si](C)(C)C(C)(C)C)c1cc(OC(=O)NCc2cccc(-c3nccn3C)c2)n2nc(C)c(Br)c2n1. The van der Waals surface area contributed by atoms with Gasteiger partial charge in [-0.15, -0.1) is 0 Å². The minimum Gasteiger partial charge on any atom is -0.542 e. The highest BCUT2D eigenvalue weighted by molar-refractivity contribution is 9.10. The molecule has 11 heteroatoms. The minimum absolute atomic E-state index is 0.0133. The molecule has 4 aromatic rings. The Hall–Kier alpha value is -3.44. The number of aromatic nitrogens is 5. The average Bonchev–Trinajstić information content (AvgIpc) is 3.39. The summed E-state index contributed by atoms with van der Waals surface area (Å²) in [6.07, 6.45) is 3.02. The number of imidazole rings is 1. The summed E-state index contributed by atoms with van der Waals surface area (Å²) in [5.74, 6) is 1.49. The molecule has 0 saturated carbocycles. The predicted octanol–water partition coefficient (Wildman–Crippen LogP) is 6.48. The predicted molar refractivity (Wildman–Crippen MR) is 154 cm³/mol. The van der Waals surface area contributed by atoms with Crippen LogP contribution in [0.2, 0.25) is 18.1 Å². The zero-order valence-corrected chi connectivity index (χ0v) is 25.4. The summed E-state index contributed by atoms with van der Waals surface area (Å²) in [5.41, 5.74) is 3.57. The molecule has 3 aromatic heterocycles. The second kappa shape index (κ2) is 10.4. The van der Waals surface area contributed by atoms with Crippen LogP contribution in [-0.4, -0.2) is 38.6 Å². The highest BCUT2D eigenvalue weighted by Gasteiger charge is 2.39. The number of aryl methyl sites for hydroxylation is 2. The first-order chi connectivity index (χ1) is 17.8. The van der Waals surface area contributed by atoms with Crippen LogP contribution in [0.4, 0.5) is 4.79 Å². The van der Waals surface area contributed by atoms with Gasteiger partial charge in [0, 0.05) is 37.6 Å². The van der Waals surface area contributed by atoms with E-state index >= 15 is 0 Å². The van der Waals surface area contributed by atoms with E-state index in [9.17, 15) is 4.79 Å². The smallest absolute Gasteiger partial charge is 0.414 e. The van der Waals surface area contributed by atoms with Crippen molar-refractivity contribution in [3.8, 4) is 17.3 Å². The van der Waals surface area contributed by atoms with Crippen LogP contribution in [0.5, 0.6) is 5.88 Å².